The number of aldehydes is 1. The maximum Gasteiger partial charge on any atom is 0.120 e. The molecule has 2 fully saturated rings. The highest BCUT2D eigenvalue weighted by atomic mass is 16.1. The molecule has 0 aromatic carbocycles. The monoisotopic (exact) mass is 248 g/mol. The Bertz CT molecular complexity index is 267. The quantitative estimate of drug-likeness (QED) is 0.378. The number of carbonyl (C=O) groups is 1. The summed E-state index contributed by atoms with van der Waals surface area (Å²) in [7, 11) is 0. The van der Waals surface area contributed by atoms with Crippen LogP contribution in [0.1, 0.15) is 77.0 Å². The minimum atomic E-state index is 0.502. The zero-order chi connectivity index (χ0) is 12.7. The topological polar surface area (TPSA) is 17.1 Å². The summed E-state index contributed by atoms with van der Waals surface area (Å²) in [5.41, 5.74) is 0.502. The van der Waals surface area contributed by atoms with Gasteiger partial charge in [0, 0.05) is 6.42 Å². The van der Waals surface area contributed by atoms with Crippen molar-refractivity contribution in [1.29, 1.82) is 0 Å². The van der Waals surface area contributed by atoms with E-state index in [1.165, 1.54) is 64.2 Å². The van der Waals surface area contributed by atoms with Crippen molar-refractivity contribution in [1.82, 2.24) is 0 Å². The fourth-order valence-corrected chi connectivity index (χ4v) is 4.08. The van der Waals surface area contributed by atoms with Crippen molar-refractivity contribution in [3.05, 3.63) is 12.2 Å². The van der Waals surface area contributed by atoms with E-state index in [0.29, 0.717) is 11.8 Å². The Morgan fingerprint density at radius 1 is 0.889 bits per heavy atom. The van der Waals surface area contributed by atoms with E-state index in [2.05, 4.69) is 12.2 Å². The zero-order valence-corrected chi connectivity index (χ0v) is 11.7. The first kappa shape index (κ1) is 13.8. The van der Waals surface area contributed by atoms with Crippen molar-refractivity contribution in [2.45, 2.75) is 77.0 Å². The molecule has 0 amide bonds. The lowest BCUT2D eigenvalue weighted by molar-refractivity contribution is -0.107. The van der Waals surface area contributed by atoms with E-state index in [1.807, 2.05) is 0 Å². The molecule has 2 aliphatic rings. The SMILES string of the molecule is O=CCCC=CC1(C2CCCCC2)CCCCC1. The summed E-state index contributed by atoms with van der Waals surface area (Å²) in [5, 5.41) is 0. The van der Waals surface area contributed by atoms with Gasteiger partial charge in [-0.2, -0.15) is 0 Å². The van der Waals surface area contributed by atoms with Gasteiger partial charge in [-0.15, -0.1) is 0 Å². The maximum absolute atomic E-state index is 10.4. The minimum absolute atomic E-state index is 0.502. The van der Waals surface area contributed by atoms with Gasteiger partial charge in [-0.3, -0.25) is 0 Å². The first-order chi connectivity index (χ1) is 8.87. The molecule has 0 spiro atoms. The summed E-state index contributed by atoms with van der Waals surface area (Å²) >= 11 is 0. The molecule has 2 aliphatic carbocycles. The van der Waals surface area contributed by atoms with Gasteiger partial charge in [-0.05, 0) is 43.4 Å². The van der Waals surface area contributed by atoms with Crippen molar-refractivity contribution in [2.75, 3.05) is 0 Å². The third-order valence-corrected chi connectivity index (χ3v) is 5.10. The van der Waals surface area contributed by atoms with Crippen molar-refractivity contribution in [3.63, 3.8) is 0 Å². The van der Waals surface area contributed by atoms with Crippen LogP contribution in [0.3, 0.4) is 0 Å². The molecule has 18 heavy (non-hydrogen) atoms. The third-order valence-electron chi connectivity index (χ3n) is 5.10. The lowest BCUT2D eigenvalue weighted by Crippen LogP contribution is -2.32. The summed E-state index contributed by atoms with van der Waals surface area (Å²) in [6.45, 7) is 0. The van der Waals surface area contributed by atoms with Crippen LogP contribution in [0.5, 0.6) is 0 Å². The fraction of sp³-hybridized carbons (Fsp3) is 0.824. The molecular weight excluding hydrogens is 220 g/mol. The van der Waals surface area contributed by atoms with Crippen molar-refractivity contribution < 1.29 is 4.79 Å². The average molecular weight is 248 g/mol. The van der Waals surface area contributed by atoms with Crippen LogP contribution in [0.4, 0.5) is 0 Å². The Kier molecular flexibility index (Phi) is 5.46. The molecule has 0 atom stereocenters. The summed E-state index contributed by atoms with van der Waals surface area (Å²) in [6, 6.07) is 0. The van der Waals surface area contributed by atoms with E-state index in [-0.39, 0.29) is 0 Å². The molecule has 0 heterocycles. The van der Waals surface area contributed by atoms with Crippen LogP contribution in [0.15, 0.2) is 12.2 Å². The molecular formula is C17H28O. The second kappa shape index (κ2) is 7.11. The number of hydrogen-bond acceptors (Lipinski definition) is 1. The molecule has 0 saturated heterocycles. The number of hydrogen-bond donors (Lipinski definition) is 0. The number of unbranched alkanes of at least 4 members (excludes halogenated alkanes) is 1. The van der Waals surface area contributed by atoms with Gasteiger partial charge < -0.3 is 4.79 Å². The molecule has 0 aromatic rings. The lowest BCUT2D eigenvalue weighted by atomic mass is 9.61. The van der Waals surface area contributed by atoms with E-state index < -0.39 is 0 Å². The van der Waals surface area contributed by atoms with Gasteiger partial charge in [0.15, 0.2) is 0 Å². The molecule has 1 heteroatoms. The molecule has 0 bridgehead atoms. The van der Waals surface area contributed by atoms with E-state index in [0.717, 1.165) is 18.6 Å². The summed E-state index contributed by atoms with van der Waals surface area (Å²) < 4.78 is 0. The first-order valence-electron chi connectivity index (χ1n) is 7.99. The van der Waals surface area contributed by atoms with Crippen molar-refractivity contribution in [2.24, 2.45) is 11.3 Å². The summed E-state index contributed by atoms with van der Waals surface area (Å²) in [5.74, 6) is 0.930. The number of allylic oxidation sites excluding steroid dienone is 2. The standard InChI is InChI=1S/C17H28O/c18-15-9-3-8-14-17(12-6-2-7-13-17)16-10-4-1-5-11-16/h8,14-16H,1-7,9-13H2. The molecule has 0 unspecified atom stereocenters. The largest absolute Gasteiger partial charge is 0.303 e. The van der Waals surface area contributed by atoms with Crippen LogP contribution >= 0.6 is 0 Å². The van der Waals surface area contributed by atoms with Gasteiger partial charge >= 0.3 is 0 Å². The average Bonchev–Trinajstić information content (AvgIpc) is 2.46. The highest BCUT2D eigenvalue weighted by Gasteiger charge is 2.37. The Morgan fingerprint density at radius 3 is 2.22 bits per heavy atom. The molecule has 2 saturated carbocycles. The number of rotatable bonds is 5. The normalized spacial score (nSPS) is 25.3. The van der Waals surface area contributed by atoms with E-state index in [4.69, 9.17) is 0 Å². The van der Waals surface area contributed by atoms with Crippen LogP contribution in [-0.2, 0) is 4.79 Å². The Morgan fingerprint density at radius 2 is 1.56 bits per heavy atom. The van der Waals surface area contributed by atoms with Gasteiger partial charge in [0.05, 0.1) is 0 Å². The smallest absolute Gasteiger partial charge is 0.120 e. The summed E-state index contributed by atoms with van der Waals surface area (Å²) in [6.07, 6.45) is 21.7. The Labute approximate surface area is 112 Å². The maximum atomic E-state index is 10.4. The van der Waals surface area contributed by atoms with Crippen LogP contribution in [0.2, 0.25) is 0 Å². The minimum Gasteiger partial charge on any atom is -0.303 e. The predicted molar refractivity (Wildman–Crippen MR) is 76.5 cm³/mol. The van der Waals surface area contributed by atoms with Gasteiger partial charge in [-0.1, -0.05) is 50.7 Å². The summed E-state index contributed by atoms with van der Waals surface area (Å²) in [4.78, 5) is 10.4. The second-order valence-corrected chi connectivity index (χ2v) is 6.28. The highest BCUT2D eigenvalue weighted by molar-refractivity contribution is 5.49. The van der Waals surface area contributed by atoms with Crippen molar-refractivity contribution in [3.8, 4) is 0 Å². The molecule has 2 rings (SSSR count). The zero-order valence-electron chi connectivity index (χ0n) is 11.7. The van der Waals surface area contributed by atoms with Crippen molar-refractivity contribution >= 4 is 6.29 Å². The molecule has 1 nitrogen and oxygen atoms in total. The predicted octanol–water partition coefficient (Wildman–Crippen LogP) is 5.05. The molecule has 0 N–H and O–H groups in total. The molecule has 0 radical (unpaired) electrons. The third kappa shape index (κ3) is 3.46. The number of carbonyl (C=O) groups excluding carboxylic acids is 1. The molecule has 0 aliphatic heterocycles. The highest BCUT2D eigenvalue weighted by Crippen LogP contribution is 2.49. The van der Waals surface area contributed by atoms with Crippen LogP contribution < -0.4 is 0 Å². The van der Waals surface area contributed by atoms with Crippen LogP contribution in [0.25, 0.3) is 0 Å². The molecule has 102 valence electrons. The van der Waals surface area contributed by atoms with Gasteiger partial charge in [0.1, 0.15) is 6.29 Å². The van der Waals surface area contributed by atoms with Gasteiger partial charge in [-0.25, -0.2) is 0 Å². The lowest BCUT2D eigenvalue weighted by Gasteiger charge is -2.43. The first-order valence-corrected chi connectivity index (χ1v) is 7.99. The van der Waals surface area contributed by atoms with Gasteiger partial charge in [0.25, 0.3) is 0 Å². The van der Waals surface area contributed by atoms with E-state index in [1.54, 1.807) is 0 Å². The Balaban J connectivity index is 2.01. The second-order valence-electron chi connectivity index (χ2n) is 6.28. The molecule has 0 aromatic heterocycles. The van der Waals surface area contributed by atoms with Crippen LogP contribution in [-0.4, -0.2) is 6.29 Å². The fourth-order valence-electron chi connectivity index (χ4n) is 4.08. The Hall–Kier alpha value is -0.590. The van der Waals surface area contributed by atoms with E-state index in [9.17, 15) is 4.79 Å². The van der Waals surface area contributed by atoms with Crippen LogP contribution in [0, 0.1) is 11.3 Å². The van der Waals surface area contributed by atoms with E-state index >= 15 is 0 Å². The van der Waals surface area contributed by atoms with Gasteiger partial charge in [0.2, 0.25) is 0 Å².